The van der Waals surface area contributed by atoms with Gasteiger partial charge in [-0.1, -0.05) is 12.1 Å². The predicted octanol–water partition coefficient (Wildman–Crippen LogP) is 2.05. The second-order valence-corrected chi connectivity index (χ2v) is 3.08. The van der Waals surface area contributed by atoms with Crippen molar-refractivity contribution in [3.63, 3.8) is 0 Å². The molecule has 1 N–H and O–H groups in total. The molecule has 12 heavy (non-hydrogen) atoms. The average Bonchev–Trinajstić information content (AvgIpc) is 2.71. The molecule has 0 bridgehead atoms. The molecule has 3 aliphatic rings. The van der Waals surface area contributed by atoms with Crippen LogP contribution < -0.4 is 4.74 Å². The van der Waals surface area contributed by atoms with Crippen molar-refractivity contribution in [3.8, 4) is 17.0 Å². The topological polar surface area (TPSA) is 25.0 Å². The molecule has 0 radical (unpaired) electrons. The lowest BCUT2D eigenvalue weighted by Gasteiger charge is -2.04. The Bertz CT molecular complexity index is 391. The van der Waals surface area contributed by atoms with E-state index in [-0.39, 0.29) is 0 Å². The first-order valence-electron chi connectivity index (χ1n) is 4.17. The van der Waals surface area contributed by atoms with E-state index in [4.69, 9.17) is 4.74 Å². The normalized spacial score (nSPS) is 14.7. The van der Waals surface area contributed by atoms with E-state index in [1.54, 1.807) is 0 Å². The molecule has 0 saturated carbocycles. The summed E-state index contributed by atoms with van der Waals surface area (Å²) in [6, 6.07) is 6.30. The van der Waals surface area contributed by atoms with E-state index in [1.165, 1.54) is 16.8 Å². The molecular formula is C10H9NO. The van der Waals surface area contributed by atoms with Gasteiger partial charge in [-0.25, -0.2) is 0 Å². The fraction of sp³-hybridized carbons (Fsp3) is 0.200. The molecule has 2 aliphatic heterocycles. The molecule has 0 aromatic rings. The van der Waals surface area contributed by atoms with Crippen molar-refractivity contribution in [2.24, 2.45) is 0 Å². The number of nitrogens with one attached hydrogen (secondary N) is 1. The van der Waals surface area contributed by atoms with E-state index in [9.17, 15) is 0 Å². The van der Waals surface area contributed by atoms with Gasteiger partial charge in [0.05, 0.1) is 6.61 Å². The number of aromatic amines is 1. The van der Waals surface area contributed by atoms with Gasteiger partial charge in [0.15, 0.2) is 0 Å². The Kier molecular flexibility index (Phi) is 1.04. The van der Waals surface area contributed by atoms with Crippen molar-refractivity contribution in [1.82, 2.24) is 4.98 Å². The summed E-state index contributed by atoms with van der Waals surface area (Å²) in [6.07, 6.45) is 3.00. The molecule has 60 valence electrons. The summed E-state index contributed by atoms with van der Waals surface area (Å²) in [6.45, 7) is 0.827. The number of hydrogen-bond donors (Lipinski definition) is 1. The maximum atomic E-state index is 5.44. The number of aromatic nitrogens is 1. The quantitative estimate of drug-likeness (QED) is 0.625. The van der Waals surface area contributed by atoms with Gasteiger partial charge in [-0.2, -0.15) is 0 Å². The Morgan fingerprint density at radius 2 is 2.33 bits per heavy atom. The summed E-state index contributed by atoms with van der Waals surface area (Å²) in [5.41, 5.74) is 3.87. The molecule has 0 aromatic carbocycles. The van der Waals surface area contributed by atoms with Gasteiger partial charge in [-0.05, 0) is 6.07 Å². The first-order chi connectivity index (χ1) is 5.95. The van der Waals surface area contributed by atoms with Crippen LogP contribution in [0.25, 0.3) is 11.3 Å². The number of H-pyrrole nitrogens is 1. The molecule has 0 spiro atoms. The maximum Gasteiger partial charge on any atom is 0.139 e. The van der Waals surface area contributed by atoms with Crippen LogP contribution in [0.15, 0.2) is 24.4 Å². The SMILES string of the molecule is c1cc2[nH]cc3c(c-2c1)CCO3. The minimum atomic E-state index is 0.827. The van der Waals surface area contributed by atoms with E-state index in [0.717, 1.165) is 18.8 Å². The van der Waals surface area contributed by atoms with Crippen molar-refractivity contribution in [3.05, 3.63) is 30.0 Å². The fourth-order valence-corrected chi connectivity index (χ4v) is 1.82. The van der Waals surface area contributed by atoms with Crippen LogP contribution in [0, 0.1) is 0 Å². The lowest BCUT2D eigenvalue weighted by Crippen LogP contribution is -1.86. The number of fused-ring (bicyclic) bond motifs is 3. The van der Waals surface area contributed by atoms with Gasteiger partial charge in [-0.3, -0.25) is 0 Å². The van der Waals surface area contributed by atoms with Crippen molar-refractivity contribution in [2.75, 3.05) is 6.61 Å². The van der Waals surface area contributed by atoms with Gasteiger partial charge in [0, 0.05) is 29.4 Å². The Morgan fingerprint density at radius 1 is 1.33 bits per heavy atom. The zero-order chi connectivity index (χ0) is 7.97. The van der Waals surface area contributed by atoms with Crippen LogP contribution in [0.4, 0.5) is 0 Å². The first kappa shape index (κ1) is 6.12. The van der Waals surface area contributed by atoms with Gasteiger partial charge in [0.25, 0.3) is 0 Å². The van der Waals surface area contributed by atoms with Crippen LogP contribution >= 0.6 is 0 Å². The second kappa shape index (κ2) is 2.03. The molecule has 0 saturated heterocycles. The van der Waals surface area contributed by atoms with Crippen molar-refractivity contribution >= 4 is 0 Å². The number of ether oxygens (including phenoxy) is 1. The molecule has 0 aromatic heterocycles. The molecule has 0 unspecified atom stereocenters. The Labute approximate surface area is 70.5 Å². The van der Waals surface area contributed by atoms with Gasteiger partial charge >= 0.3 is 0 Å². The van der Waals surface area contributed by atoms with E-state index in [0.29, 0.717) is 0 Å². The molecule has 0 atom stereocenters. The molecule has 0 fully saturated rings. The monoisotopic (exact) mass is 159 g/mol. The highest BCUT2D eigenvalue weighted by Crippen LogP contribution is 2.35. The third-order valence-corrected chi connectivity index (χ3v) is 2.41. The van der Waals surface area contributed by atoms with E-state index in [2.05, 4.69) is 23.2 Å². The summed E-state index contributed by atoms with van der Waals surface area (Å²) in [7, 11) is 0. The highest BCUT2D eigenvalue weighted by atomic mass is 16.5. The Hall–Kier alpha value is -1.44. The van der Waals surface area contributed by atoms with Crippen LogP contribution in [0.5, 0.6) is 5.75 Å². The van der Waals surface area contributed by atoms with Gasteiger partial charge in [-0.15, -0.1) is 0 Å². The highest BCUT2D eigenvalue weighted by molar-refractivity contribution is 5.70. The van der Waals surface area contributed by atoms with Crippen LogP contribution in [0.3, 0.4) is 0 Å². The van der Waals surface area contributed by atoms with Crippen LogP contribution in [0.1, 0.15) is 5.56 Å². The fourth-order valence-electron chi connectivity index (χ4n) is 1.82. The van der Waals surface area contributed by atoms with Gasteiger partial charge < -0.3 is 9.72 Å². The minimum absolute atomic E-state index is 0.827. The van der Waals surface area contributed by atoms with E-state index in [1.807, 2.05) is 6.20 Å². The van der Waals surface area contributed by atoms with Crippen molar-refractivity contribution in [1.29, 1.82) is 0 Å². The zero-order valence-corrected chi connectivity index (χ0v) is 6.63. The van der Waals surface area contributed by atoms with Gasteiger partial charge in [0.1, 0.15) is 5.75 Å². The predicted molar refractivity (Wildman–Crippen MR) is 46.6 cm³/mol. The van der Waals surface area contributed by atoms with Crippen LogP contribution in [-0.4, -0.2) is 11.6 Å². The summed E-state index contributed by atoms with van der Waals surface area (Å²) in [5, 5.41) is 0. The number of pyridine rings is 1. The lowest BCUT2D eigenvalue weighted by molar-refractivity contribution is 0.355. The molecule has 2 heterocycles. The van der Waals surface area contributed by atoms with Crippen molar-refractivity contribution in [2.45, 2.75) is 6.42 Å². The zero-order valence-electron chi connectivity index (χ0n) is 6.63. The smallest absolute Gasteiger partial charge is 0.139 e. The van der Waals surface area contributed by atoms with Gasteiger partial charge in [0.2, 0.25) is 0 Å². The maximum absolute atomic E-state index is 5.44. The molecule has 3 rings (SSSR count). The van der Waals surface area contributed by atoms with Crippen LogP contribution in [0.2, 0.25) is 0 Å². The number of hydrogen-bond acceptors (Lipinski definition) is 1. The standard InChI is InChI=1S/C10H9NO/c1-2-7-8-4-5-12-10(8)6-11-9(7)3-1/h1-3,6,11H,4-5H2. The largest absolute Gasteiger partial charge is 0.491 e. The summed E-state index contributed by atoms with van der Waals surface area (Å²) < 4.78 is 5.44. The molecule has 2 heteroatoms. The molecule has 0 amide bonds. The first-order valence-corrected chi connectivity index (χ1v) is 4.17. The summed E-state index contributed by atoms with van der Waals surface area (Å²) in [5.74, 6) is 1.02. The Morgan fingerprint density at radius 3 is 3.33 bits per heavy atom. The Balaban J connectivity index is 2.37. The molecular weight excluding hydrogens is 150 g/mol. The lowest BCUT2D eigenvalue weighted by atomic mass is 10.1. The summed E-state index contributed by atoms with van der Waals surface area (Å²) >= 11 is 0. The molecule has 1 aliphatic carbocycles. The second-order valence-electron chi connectivity index (χ2n) is 3.08. The third kappa shape index (κ3) is 0.644. The molecule has 2 nitrogen and oxygen atoms in total. The summed E-state index contributed by atoms with van der Waals surface area (Å²) in [4.78, 5) is 3.21. The minimum Gasteiger partial charge on any atom is -0.491 e. The number of rotatable bonds is 0. The highest BCUT2D eigenvalue weighted by Gasteiger charge is 2.18. The average molecular weight is 159 g/mol. The third-order valence-electron chi connectivity index (χ3n) is 2.41. The van der Waals surface area contributed by atoms with Crippen molar-refractivity contribution < 1.29 is 4.74 Å². The van der Waals surface area contributed by atoms with E-state index >= 15 is 0 Å². The van der Waals surface area contributed by atoms with E-state index < -0.39 is 0 Å². The van der Waals surface area contributed by atoms with Crippen LogP contribution in [-0.2, 0) is 6.42 Å².